The molecule has 1 aromatic carbocycles. The van der Waals surface area contributed by atoms with E-state index in [0.717, 1.165) is 0 Å². The molecule has 0 heterocycles. The summed E-state index contributed by atoms with van der Waals surface area (Å²) < 4.78 is 26.3. The minimum atomic E-state index is -3.34. The Hall–Kier alpha value is -0.390. The maximum Gasteiger partial charge on any atom is 0.240 e. The minimum Gasteiger partial charge on any atom is -0.210 e. The summed E-state index contributed by atoms with van der Waals surface area (Å²) in [6, 6.07) is 8.45. The average molecular weight is 304 g/mol. The zero-order valence-electron chi connectivity index (χ0n) is 8.77. The van der Waals surface area contributed by atoms with Crippen molar-refractivity contribution in [3.05, 3.63) is 30.3 Å². The van der Waals surface area contributed by atoms with E-state index >= 15 is 0 Å². The number of hydrogen-bond acceptors (Lipinski definition) is 2. The van der Waals surface area contributed by atoms with E-state index in [1.807, 2.05) is 0 Å². The molecule has 88 valence electrons. The Bertz CT molecular complexity index is 442. The molecule has 1 saturated carbocycles. The summed E-state index contributed by atoms with van der Waals surface area (Å²) in [6.45, 7) is 0.460. The molecule has 16 heavy (non-hydrogen) atoms. The molecule has 1 aliphatic carbocycles. The number of alkyl halides is 1. The van der Waals surface area contributed by atoms with Gasteiger partial charge in [0.25, 0.3) is 0 Å². The predicted octanol–water partition coefficient (Wildman–Crippen LogP) is 2.14. The highest BCUT2D eigenvalue weighted by Crippen LogP contribution is 2.36. The number of nitrogens with one attached hydrogen (secondary N) is 1. The Morgan fingerprint density at radius 3 is 2.50 bits per heavy atom. The Labute approximate surface area is 104 Å². The van der Waals surface area contributed by atoms with Crippen LogP contribution in [0.5, 0.6) is 0 Å². The first kappa shape index (κ1) is 12.1. The molecule has 1 atom stereocenters. The Balaban J connectivity index is 1.97. The molecule has 0 radical (unpaired) electrons. The second kappa shape index (κ2) is 4.85. The minimum absolute atomic E-state index is 0.256. The summed E-state index contributed by atoms with van der Waals surface area (Å²) in [6.07, 6.45) is 2.39. The molecule has 0 aromatic heterocycles. The fourth-order valence-electron chi connectivity index (χ4n) is 1.50. The highest BCUT2D eigenvalue weighted by atomic mass is 79.9. The molecule has 1 N–H and O–H groups in total. The quantitative estimate of drug-likeness (QED) is 0.847. The van der Waals surface area contributed by atoms with Crippen LogP contribution in [0.25, 0.3) is 0 Å². The lowest BCUT2D eigenvalue weighted by molar-refractivity contribution is 0.578. The van der Waals surface area contributed by atoms with E-state index in [1.165, 1.54) is 12.8 Å². The van der Waals surface area contributed by atoms with E-state index in [1.54, 1.807) is 30.3 Å². The van der Waals surface area contributed by atoms with Gasteiger partial charge < -0.3 is 0 Å². The highest BCUT2D eigenvalue weighted by Gasteiger charge is 2.30. The maximum atomic E-state index is 11.8. The molecule has 0 saturated heterocycles. The van der Waals surface area contributed by atoms with Crippen molar-refractivity contribution in [3.63, 3.8) is 0 Å². The lowest BCUT2D eigenvalue weighted by Gasteiger charge is -2.10. The van der Waals surface area contributed by atoms with Gasteiger partial charge in [0.1, 0.15) is 0 Å². The third kappa shape index (κ3) is 3.06. The first-order chi connectivity index (χ1) is 7.59. The molecule has 3 nitrogen and oxygen atoms in total. The Kier molecular flexibility index (Phi) is 3.66. The van der Waals surface area contributed by atoms with Gasteiger partial charge in [-0.3, -0.25) is 0 Å². The fourth-order valence-corrected chi connectivity index (χ4v) is 3.48. The second-order valence-electron chi connectivity index (χ2n) is 4.02. The van der Waals surface area contributed by atoms with Gasteiger partial charge in [-0.15, -0.1) is 0 Å². The summed E-state index contributed by atoms with van der Waals surface area (Å²) >= 11 is 3.50. The van der Waals surface area contributed by atoms with Gasteiger partial charge in [0.05, 0.1) is 4.90 Å². The van der Waals surface area contributed by atoms with Crippen LogP contribution in [0.15, 0.2) is 35.2 Å². The maximum absolute atomic E-state index is 11.8. The van der Waals surface area contributed by atoms with Crippen LogP contribution in [0.2, 0.25) is 0 Å². The first-order valence-corrected chi connectivity index (χ1v) is 7.68. The van der Waals surface area contributed by atoms with Crippen molar-refractivity contribution >= 4 is 26.0 Å². The zero-order chi connectivity index (χ0) is 11.6. The number of benzene rings is 1. The van der Waals surface area contributed by atoms with Crippen molar-refractivity contribution in [1.82, 2.24) is 4.72 Å². The molecule has 0 aliphatic heterocycles. The van der Waals surface area contributed by atoms with Gasteiger partial charge in [-0.25, -0.2) is 13.1 Å². The summed E-state index contributed by atoms with van der Waals surface area (Å²) in [7, 11) is -3.34. The Morgan fingerprint density at radius 1 is 1.31 bits per heavy atom. The highest BCUT2D eigenvalue weighted by molar-refractivity contribution is 9.09. The van der Waals surface area contributed by atoms with E-state index in [4.69, 9.17) is 0 Å². The van der Waals surface area contributed by atoms with Crippen LogP contribution in [0, 0.1) is 5.92 Å². The molecular weight excluding hydrogens is 290 g/mol. The molecule has 2 rings (SSSR count). The van der Waals surface area contributed by atoms with Crippen LogP contribution in [0.1, 0.15) is 12.8 Å². The summed E-state index contributed by atoms with van der Waals surface area (Å²) in [4.78, 5) is 0.580. The molecule has 1 fully saturated rings. The van der Waals surface area contributed by atoms with E-state index in [9.17, 15) is 8.42 Å². The molecule has 0 spiro atoms. The van der Waals surface area contributed by atoms with Gasteiger partial charge in [0.2, 0.25) is 10.0 Å². The molecular formula is C11H14BrNO2S. The van der Waals surface area contributed by atoms with Crippen molar-refractivity contribution < 1.29 is 8.42 Å². The fraction of sp³-hybridized carbons (Fsp3) is 0.455. The predicted molar refractivity (Wildman–Crippen MR) is 67.1 cm³/mol. The second-order valence-corrected chi connectivity index (χ2v) is 6.96. The third-order valence-corrected chi connectivity index (χ3v) is 5.17. The number of sulfonamides is 1. The monoisotopic (exact) mass is 303 g/mol. The van der Waals surface area contributed by atoms with Gasteiger partial charge in [-0.1, -0.05) is 34.1 Å². The molecule has 5 heteroatoms. The van der Waals surface area contributed by atoms with Crippen molar-refractivity contribution in [3.8, 4) is 0 Å². The van der Waals surface area contributed by atoms with Gasteiger partial charge in [0, 0.05) is 11.4 Å². The van der Waals surface area contributed by atoms with Crippen molar-refractivity contribution in [2.45, 2.75) is 22.6 Å². The average Bonchev–Trinajstić information content (AvgIpc) is 3.11. The summed E-state index contributed by atoms with van der Waals surface area (Å²) in [5, 5.41) is 0. The van der Waals surface area contributed by atoms with Gasteiger partial charge in [-0.05, 0) is 30.9 Å². The first-order valence-electron chi connectivity index (χ1n) is 5.28. The molecule has 1 aromatic rings. The smallest absolute Gasteiger partial charge is 0.210 e. The van der Waals surface area contributed by atoms with E-state index < -0.39 is 10.0 Å². The van der Waals surface area contributed by atoms with Crippen LogP contribution in [-0.2, 0) is 10.0 Å². The van der Waals surface area contributed by atoms with E-state index in [0.29, 0.717) is 17.4 Å². The van der Waals surface area contributed by atoms with E-state index in [2.05, 4.69) is 20.7 Å². The van der Waals surface area contributed by atoms with E-state index in [-0.39, 0.29) is 4.83 Å². The van der Waals surface area contributed by atoms with Crippen LogP contribution in [0.3, 0.4) is 0 Å². The number of hydrogen-bond donors (Lipinski definition) is 1. The normalized spacial score (nSPS) is 18.3. The zero-order valence-corrected chi connectivity index (χ0v) is 11.2. The summed E-state index contributed by atoms with van der Waals surface area (Å²) in [5.74, 6) is 0.637. The van der Waals surface area contributed by atoms with Crippen molar-refractivity contribution in [2.24, 2.45) is 5.92 Å². The topological polar surface area (TPSA) is 46.2 Å². The lowest BCUT2D eigenvalue weighted by atomic mass is 10.3. The molecule has 0 amide bonds. The largest absolute Gasteiger partial charge is 0.240 e. The van der Waals surface area contributed by atoms with Gasteiger partial charge in [-0.2, -0.15) is 0 Å². The van der Waals surface area contributed by atoms with Gasteiger partial charge in [0.15, 0.2) is 0 Å². The summed E-state index contributed by atoms with van der Waals surface area (Å²) in [5.41, 5.74) is 0. The number of rotatable bonds is 5. The third-order valence-electron chi connectivity index (χ3n) is 2.66. The van der Waals surface area contributed by atoms with Crippen molar-refractivity contribution in [1.29, 1.82) is 0 Å². The Morgan fingerprint density at radius 2 is 1.94 bits per heavy atom. The van der Waals surface area contributed by atoms with Crippen LogP contribution in [-0.4, -0.2) is 19.8 Å². The molecule has 0 bridgehead atoms. The standard InChI is InChI=1S/C11H14BrNO2S/c12-11(9-6-7-9)8-13-16(14,15)10-4-2-1-3-5-10/h1-5,9,11,13H,6-8H2. The SMILES string of the molecule is O=S(=O)(NCC(Br)C1CC1)c1ccccc1. The molecule has 1 unspecified atom stereocenters. The molecule has 1 aliphatic rings. The van der Waals surface area contributed by atoms with Crippen LogP contribution < -0.4 is 4.72 Å². The lowest BCUT2D eigenvalue weighted by Crippen LogP contribution is -2.30. The van der Waals surface area contributed by atoms with Crippen LogP contribution in [0.4, 0.5) is 0 Å². The number of halogens is 1. The van der Waals surface area contributed by atoms with Crippen molar-refractivity contribution in [2.75, 3.05) is 6.54 Å². The van der Waals surface area contributed by atoms with Gasteiger partial charge >= 0.3 is 0 Å². The van der Waals surface area contributed by atoms with Crippen LogP contribution >= 0.6 is 15.9 Å².